The number of alkyl halides is 3. The molecular formula is C2H3F3O4SSi. The van der Waals surface area contributed by atoms with Crippen LogP contribution in [-0.2, 0) is 14.3 Å². The molecule has 4 nitrogen and oxygen atoms in total. The minimum Gasteiger partial charge on any atom is -0.287 e. The first kappa shape index (κ1) is 10.9. The van der Waals surface area contributed by atoms with E-state index in [0.29, 0.717) is 0 Å². The van der Waals surface area contributed by atoms with Crippen LogP contribution < -0.4 is 0 Å². The summed E-state index contributed by atoms with van der Waals surface area (Å²) >= 11 is 0. The molecule has 0 aromatic carbocycles. The first-order chi connectivity index (χ1) is 4.77. The Kier molecular flexibility index (Phi) is 3.48. The average molecular weight is 208 g/mol. The fourth-order valence-corrected chi connectivity index (χ4v) is 1.10. The summed E-state index contributed by atoms with van der Waals surface area (Å²) in [5.41, 5.74) is -3.85. The molecule has 0 heterocycles. The molecule has 0 aliphatic carbocycles. The van der Waals surface area contributed by atoms with Crippen LogP contribution in [0.15, 0.2) is 0 Å². The lowest BCUT2D eigenvalue weighted by atomic mass is 10.8. The second-order valence-corrected chi connectivity index (χ2v) is 3.91. The molecule has 0 spiro atoms. The van der Waals surface area contributed by atoms with Crippen molar-refractivity contribution in [1.29, 1.82) is 0 Å². The smallest absolute Gasteiger partial charge is 0.287 e. The second kappa shape index (κ2) is 3.52. The van der Waals surface area contributed by atoms with Gasteiger partial charge in [-0.1, -0.05) is 0 Å². The summed E-state index contributed by atoms with van der Waals surface area (Å²) in [4.78, 5) is 0. The standard InChI is InChI=1S/C2H3F3O4SSi/c3-1-2(4,5)11-9-10(6,7)8/h1H2,(H,6,7,8). The van der Waals surface area contributed by atoms with E-state index in [1.54, 1.807) is 0 Å². The van der Waals surface area contributed by atoms with E-state index in [-0.39, 0.29) is 0 Å². The Balaban J connectivity index is 3.90. The molecule has 0 unspecified atom stereocenters. The minimum atomic E-state index is -4.90. The Morgan fingerprint density at radius 3 is 2.27 bits per heavy atom. The Labute approximate surface area is 63.2 Å². The van der Waals surface area contributed by atoms with Gasteiger partial charge in [-0.15, -0.1) is 0 Å². The largest absolute Gasteiger partial charge is 0.387 e. The van der Waals surface area contributed by atoms with Gasteiger partial charge >= 0.3 is 20.2 Å². The quantitative estimate of drug-likeness (QED) is 0.521. The van der Waals surface area contributed by atoms with Gasteiger partial charge in [-0.3, -0.25) is 8.42 Å². The predicted octanol–water partition coefficient (Wildman–Crippen LogP) is -0.0127. The van der Waals surface area contributed by atoms with E-state index in [0.717, 1.165) is 0 Å². The van der Waals surface area contributed by atoms with Crippen molar-refractivity contribution in [3.8, 4) is 0 Å². The second-order valence-electron chi connectivity index (χ2n) is 1.45. The van der Waals surface area contributed by atoms with Gasteiger partial charge in [0.15, 0.2) is 6.67 Å². The molecule has 0 aliphatic heterocycles. The highest BCUT2D eigenvalue weighted by Crippen LogP contribution is 2.12. The van der Waals surface area contributed by atoms with E-state index in [2.05, 4.69) is 3.87 Å². The molecule has 0 aromatic heterocycles. The van der Waals surface area contributed by atoms with Crippen LogP contribution in [0.5, 0.6) is 0 Å². The summed E-state index contributed by atoms with van der Waals surface area (Å²) in [6.07, 6.45) is 0. The highest BCUT2D eigenvalue weighted by molar-refractivity contribution is 7.81. The zero-order valence-corrected chi connectivity index (χ0v) is 6.74. The van der Waals surface area contributed by atoms with Crippen molar-refractivity contribution in [2.24, 2.45) is 0 Å². The molecule has 0 atom stereocenters. The molecule has 0 fully saturated rings. The summed E-state index contributed by atoms with van der Waals surface area (Å²) < 4.78 is 65.3. The minimum absolute atomic E-state index is 1.94. The lowest BCUT2D eigenvalue weighted by molar-refractivity contribution is 0.0505. The summed E-state index contributed by atoms with van der Waals surface area (Å²) in [5, 5.41) is 0. The molecule has 0 bridgehead atoms. The number of halogens is 3. The monoisotopic (exact) mass is 208 g/mol. The van der Waals surface area contributed by atoms with Crippen LogP contribution in [0.3, 0.4) is 0 Å². The molecule has 1 N–H and O–H groups in total. The normalized spacial score (nSPS) is 13.5. The van der Waals surface area contributed by atoms with Crippen LogP contribution >= 0.6 is 0 Å². The van der Waals surface area contributed by atoms with E-state index in [1.165, 1.54) is 0 Å². The fourth-order valence-electron chi connectivity index (χ4n) is 0.141. The molecule has 0 saturated heterocycles. The van der Waals surface area contributed by atoms with Gasteiger partial charge < -0.3 is 0 Å². The van der Waals surface area contributed by atoms with Crippen LogP contribution in [0.1, 0.15) is 0 Å². The number of rotatable bonds is 4. The van der Waals surface area contributed by atoms with Gasteiger partial charge in [0.2, 0.25) is 0 Å². The highest BCUT2D eigenvalue weighted by atomic mass is 32.3. The SMILES string of the molecule is O=S(=O)(O)O[Si]C(F)(F)CF. The predicted molar refractivity (Wildman–Crippen MR) is 29.3 cm³/mol. The van der Waals surface area contributed by atoms with Crippen molar-refractivity contribution in [3.05, 3.63) is 0 Å². The van der Waals surface area contributed by atoms with Gasteiger partial charge in [0.05, 0.1) is 0 Å². The number of hydrogen-bond donors (Lipinski definition) is 1. The number of hydrogen-bond acceptors (Lipinski definition) is 3. The zero-order chi connectivity index (χ0) is 9.12. The molecular weight excluding hydrogens is 205 g/mol. The van der Waals surface area contributed by atoms with Gasteiger partial charge in [0.25, 0.3) is 5.55 Å². The molecule has 2 radical (unpaired) electrons. The maximum atomic E-state index is 11.8. The maximum absolute atomic E-state index is 11.8. The fraction of sp³-hybridized carbons (Fsp3) is 1.00. The van der Waals surface area contributed by atoms with E-state index in [9.17, 15) is 21.6 Å². The summed E-state index contributed by atoms with van der Waals surface area (Å²) in [5.74, 6) is 0. The third-order valence-electron chi connectivity index (χ3n) is 0.464. The van der Waals surface area contributed by atoms with Gasteiger partial charge in [-0.05, 0) is 0 Å². The van der Waals surface area contributed by atoms with Gasteiger partial charge in [0.1, 0.15) is 0 Å². The van der Waals surface area contributed by atoms with Crippen LogP contribution in [-0.4, -0.2) is 35.0 Å². The van der Waals surface area contributed by atoms with Crippen molar-refractivity contribution >= 4 is 20.2 Å². The van der Waals surface area contributed by atoms with Crippen LogP contribution in [0.4, 0.5) is 13.2 Å². The molecule has 0 aliphatic rings. The molecule has 66 valence electrons. The molecule has 0 rings (SSSR count). The topological polar surface area (TPSA) is 63.6 Å². The lowest BCUT2D eigenvalue weighted by Gasteiger charge is -2.07. The maximum Gasteiger partial charge on any atom is 0.387 e. The first-order valence-electron chi connectivity index (χ1n) is 2.14. The van der Waals surface area contributed by atoms with E-state index in [1.807, 2.05) is 0 Å². The van der Waals surface area contributed by atoms with Crippen LogP contribution in [0.25, 0.3) is 0 Å². The highest BCUT2D eigenvalue weighted by Gasteiger charge is 2.34. The Morgan fingerprint density at radius 2 is 2.00 bits per heavy atom. The van der Waals surface area contributed by atoms with Gasteiger partial charge in [-0.25, -0.2) is 13.2 Å². The van der Waals surface area contributed by atoms with Gasteiger partial charge in [-0.2, -0.15) is 8.42 Å². The molecule has 11 heavy (non-hydrogen) atoms. The molecule has 9 heteroatoms. The first-order valence-corrected chi connectivity index (χ1v) is 4.41. The van der Waals surface area contributed by atoms with Crippen LogP contribution in [0, 0.1) is 0 Å². The van der Waals surface area contributed by atoms with Crippen molar-refractivity contribution in [3.63, 3.8) is 0 Å². The Morgan fingerprint density at radius 1 is 1.55 bits per heavy atom. The third kappa shape index (κ3) is 6.28. The van der Waals surface area contributed by atoms with Crippen molar-refractivity contribution in [1.82, 2.24) is 0 Å². The summed E-state index contributed by atoms with van der Waals surface area (Å²) in [7, 11) is -6.84. The van der Waals surface area contributed by atoms with E-state index >= 15 is 0 Å². The van der Waals surface area contributed by atoms with Crippen LogP contribution in [0.2, 0.25) is 0 Å². The Hall–Kier alpha value is -0.123. The molecule has 0 saturated carbocycles. The lowest BCUT2D eigenvalue weighted by Crippen LogP contribution is -2.31. The average Bonchev–Trinajstić information content (AvgIpc) is 1.83. The third-order valence-corrected chi connectivity index (χ3v) is 2.07. The van der Waals surface area contributed by atoms with Gasteiger partial charge in [0, 0.05) is 0 Å². The summed E-state index contributed by atoms with van der Waals surface area (Å²) in [6.45, 7) is -2.03. The van der Waals surface area contributed by atoms with Crippen molar-refractivity contribution < 1.29 is 30.0 Å². The van der Waals surface area contributed by atoms with E-state index < -0.39 is 32.4 Å². The van der Waals surface area contributed by atoms with Crippen molar-refractivity contribution in [2.45, 2.75) is 5.55 Å². The molecule has 0 aromatic rings. The van der Waals surface area contributed by atoms with Crippen molar-refractivity contribution in [2.75, 3.05) is 6.67 Å². The molecule has 0 amide bonds. The summed E-state index contributed by atoms with van der Waals surface area (Å²) in [6, 6.07) is 0. The zero-order valence-electron chi connectivity index (χ0n) is 4.92. The van der Waals surface area contributed by atoms with E-state index in [4.69, 9.17) is 4.55 Å². The Bertz CT molecular complexity index is 213.